The monoisotopic (exact) mass is 328 g/mol. The fraction of sp³-hybridized carbons (Fsp3) is 0.375. The predicted octanol–water partition coefficient (Wildman–Crippen LogP) is 2.80. The molecule has 6 nitrogen and oxygen atoms in total. The minimum Gasteiger partial charge on any atom is -0.462 e. The van der Waals surface area contributed by atoms with Gasteiger partial charge in [0.05, 0.1) is 5.52 Å². The van der Waals surface area contributed by atoms with Crippen molar-refractivity contribution in [3.05, 3.63) is 24.3 Å². The maximum atomic E-state index is 11.8. The summed E-state index contributed by atoms with van der Waals surface area (Å²) >= 11 is 1.33. The number of carbonyl (C=O) groups is 1. The van der Waals surface area contributed by atoms with Gasteiger partial charge in [-0.25, -0.2) is 4.98 Å². The number of aryl methyl sites for hydroxylation is 1. The van der Waals surface area contributed by atoms with Crippen molar-refractivity contribution in [1.82, 2.24) is 19.7 Å². The molecule has 0 N–H and O–H groups in total. The van der Waals surface area contributed by atoms with Crippen LogP contribution in [0.2, 0.25) is 0 Å². The number of thioether (sulfide) groups is 1. The first-order chi connectivity index (χ1) is 11.2. The van der Waals surface area contributed by atoms with E-state index in [0.717, 1.165) is 28.6 Å². The molecule has 7 heteroatoms. The van der Waals surface area contributed by atoms with Crippen molar-refractivity contribution < 1.29 is 9.53 Å². The van der Waals surface area contributed by atoms with Crippen molar-refractivity contribution in [2.75, 3.05) is 0 Å². The Morgan fingerprint density at radius 1 is 1.35 bits per heavy atom. The van der Waals surface area contributed by atoms with E-state index in [-0.39, 0.29) is 17.3 Å². The summed E-state index contributed by atoms with van der Waals surface area (Å²) in [5.74, 6) is -0.192. The molecule has 0 saturated carbocycles. The molecule has 1 saturated heterocycles. The van der Waals surface area contributed by atoms with Crippen molar-refractivity contribution in [3.8, 4) is 0 Å². The molecule has 0 aliphatic carbocycles. The molecular formula is C16H16N4O2S. The number of rotatable bonds is 3. The van der Waals surface area contributed by atoms with Crippen LogP contribution < -0.4 is 0 Å². The molecule has 1 fully saturated rings. The second kappa shape index (κ2) is 5.49. The van der Waals surface area contributed by atoms with Gasteiger partial charge in [0.1, 0.15) is 16.9 Å². The summed E-state index contributed by atoms with van der Waals surface area (Å²) in [5, 5.41) is 9.89. The summed E-state index contributed by atoms with van der Waals surface area (Å²) in [6.45, 7) is 4.78. The van der Waals surface area contributed by atoms with E-state index >= 15 is 0 Å². The number of nitrogens with zero attached hydrogens (tertiary/aromatic N) is 4. The number of ether oxygens (including phenoxy) is 1. The zero-order chi connectivity index (χ0) is 16.0. The third-order valence-corrected chi connectivity index (χ3v) is 5.10. The zero-order valence-corrected chi connectivity index (χ0v) is 13.7. The number of para-hydroxylation sites is 1. The summed E-state index contributed by atoms with van der Waals surface area (Å²) in [6, 6.07) is 8.09. The number of cyclic esters (lactones) is 1. The standard InChI is InChI=1S/C16H16N4O2S/c1-3-20-11-7-5-4-6-10(11)13-14(20)17-16(19-18-13)23-12-8-9(2)22-15(12)21/h4-7,9,12H,3,8H2,1-2H3/t9-,12+/m1/s1. The Morgan fingerprint density at radius 3 is 2.91 bits per heavy atom. The highest BCUT2D eigenvalue weighted by Gasteiger charge is 2.33. The van der Waals surface area contributed by atoms with Gasteiger partial charge in [0.15, 0.2) is 5.65 Å². The molecular weight excluding hydrogens is 312 g/mol. The van der Waals surface area contributed by atoms with E-state index in [1.54, 1.807) is 0 Å². The molecule has 1 aromatic carbocycles. The molecule has 1 aliphatic heterocycles. The Morgan fingerprint density at radius 2 is 2.17 bits per heavy atom. The predicted molar refractivity (Wildman–Crippen MR) is 88.3 cm³/mol. The Bertz CT molecular complexity index is 908. The van der Waals surface area contributed by atoms with E-state index < -0.39 is 0 Å². The number of fused-ring (bicyclic) bond motifs is 3. The van der Waals surface area contributed by atoms with Crippen LogP contribution in [0.1, 0.15) is 20.3 Å². The summed E-state index contributed by atoms with van der Waals surface area (Å²) in [5.41, 5.74) is 2.71. The molecule has 3 heterocycles. The summed E-state index contributed by atoms with van der Waals surface area (Å²) in [4.78, 5) is 16.4. The summed E-state index contributed by atoms with van der Waals surface area (Å²) in [6.07, 6.45) is 0.639. The molecule has 4 rings (SSSR count). The number of benzene rings is 1. The molecule has 1 aliphatic rings. The van der Waals surface area contributed by atoms with Crippen molar-refractivity contribution in [2.45, 2.75) is 43.3 Å². The van der Waals surface area contributed by atoms with Gasteiger partial charge in [0.25, 0.3) is 0 Å². The van der Waals surface area contributed by atoms with Crippen LogP contribution in [-0.2, 0) is 16.1 Å². The molecule has 0 bridgehead atoms. The van der Waals surface area contributed by atoms with Crippen molar-refractivity contribution in [3.63, 3.8) is 0 Å². The van der Waals surface area contributed by atoms with Gasteiger partial charge in [-0.05, 0) is 19.9 Å². The minimum absolute atomic E-state index is 0.0428. The molecule has 23 heavy (non-hydrogen) atoms. The minimum atomic E-state index is -0.247. The van der Waals surface area contributed by atoms with Gasteiger partial charge in [-0.1, -0.05) is 30.0 Å². The molecule has 2 aromatic heterocycles. The van der Waals surface area contributed by atoms with Crippen LogP contribution in [-0.4, -0.2) is 37.1 Å². The Hall–Kier alpha value is -2.15. The molecule has 0 unspecified atom stereocenters. The number of hydrogen-bond acceptors (Lipinski definition) is 6. The summed E-state index contributed by atoms with van der Waals surface area (Å²) < 4.78 is 7.31. The van der Waals surface area contributed by atoms with Crippen LogP contribution in [0.3, 0.4) is 0 Å². The average molecular weight is 328 g/mol. The fourth-order valence-electron chi connectivity index (χ4n) is 3.00. The van der Waals surface area contributed by atoms with Gasteiger partial charge in [-0.2, -0.15) is 0 Å². The molecule has 0 spiro atoms. The van der Waals surface area contributed by atoms with E-state index in [0.29, 0.717) is 11.6 Å². The van der Waals surface area contributed by atoms with Crippen LogP contribution in [0, 0.1) is 0 Å². The molecule has 0 radical (unpaired) electrons. The highest BCUT2D eigenvalue weighted by atomic mass is 32.2. The van der Waals surface area contributed by atoms with Gasteiger partial charge < -0.3 is 9.30 Å². The largest absolute Gasteiger partial charge is 0.462 e. The smallest absolute Gasteiger partial charge is 0.319 e. The maximum Gasteiger partial charge on any atom is 0.319 e. The first-order valence-electron chi connectivity index (χ1n) is 7.66. The molecule has 2 atom stereocenters. The topological polar surface area (TPSA) is 69.9 Å². The van der Waals surface area contributed by atoms with Crippen molar-refractivity contribution in [2.24, 2.45) is 0 Å². The maximum absolute atomic E-state index is 11.8. The SMILES string of the molecule is CCn1c2ccccc2c2nnc(S[C@H]3C[C@@H](C)OC3=O)nc21. The van der Waals surface area contributed by atoms with Crippen LogP contribution in [0.25, 0.3) is 22.1 Å². The second-order valence-electron chi connectivity index (χ2n) is 5.62. The lowest BCUT2D eigenvalue weighted by Gasteiger charge is -2.04. The fourth-order valence-corrected chi connectivity index (χ4v) is 4.00. The Kier molecular flexibility index (Phi) is 3.45. The average Bonchev–Trinajstić information content (AvgIpc) is 3.03. The second-order valence-corrected chi connectivity index (χ2v) is 6.79. The van der Waals surface area contributed by atoms with Crippen LogP contribution >= 0.6 is 11.8 Å². The normalized spacial score (nSPS) is 21.2. The lowest BCUT2D eigenvalue weighted by Crippen LogP contribution is -2.10. The van der Waals surface area contributed by atoms with E-state index in [4.69, 9.17) is 4.74 Å². The van der Waals surface area contributed by atoms with Crippen LogP contribution in [0.4, 0.5) is 0 Å². The van der Waals surface area contributed by atoms with Gasteiger partial charge in [-0.3, -0.25) is 4.79 Å². The summed E-state index contributed by atoms with van der Waals surface area (Å²) in [7, 11) is 0. The Labute approximate surface area is 137 Å². The number of aromatic nitrogens is 4. The van der Waals surface area contributed by atoms with Crippen molar-refractivity contribution >= 4 is 39.8 Å². The Balaban J connectivity index is 1.78. The molecule has 0 amide bonds. The first kappa shape index (κ1) is 14.4. The van der Waals surface area contributed by atoms with E-state index in [2.05, 4.69) is 32.7 Å². The quantitative estimate of drug-likeness (QED) is 0.689. The van der Waals surface area contributed by atoms with Gasteiger partial charge in [0, 0.05) is 18.4 Å². The van der Waals surface area contributed by atoms with Crippen LogP contribution in [0.15, 0.2) is 29.4 Å². The molecule has 118 valence electrons. The van der Waals surface area contributed by atoms with Crippen molar-refractivity contribution in [1.29, 1.82) is 0 Å². The lowest BCUT2D eigenvalue weighted by molar-refractivity contribution is -0.140. The third-order valence-electron chi connectivity index (χ3n) is 4.04. The van der Waals surface area contributed by atoms with Gasteiger partial charge >= 0.3 is 5.97 Å². The highest BCUT2D eigenvalue weighted by Crippen LogP contribution is 2.32. The number of esters is 1. The third kappa shape index (κ3) is 2.35. The first-order valence-corrected chi connectivity index (χ1v) is 8.54. The number of carbonyl (C=O) groups excluding carboxylic acids is 1. The van der Waals surface area contributed by atoms with Gasteiger partial charge in [-0.15, -0.1) is 10.2 Å². The van der Waals surface area contributed by atoms with Gasteiger partial charge in [0.2, 0.25) is 5.16 Å². The number of hydrogen-bond donors (Lipinski definition) is 0. The lowest BCUT2D eigenvalue weighted by atomic mass is 10.2. The van der Waals surface area contributed by atoms with E-state index in [1.165, 1.54) is 11.8 Å². The van der Waals surface area contributed by atoms with E-state index in [9.17, 15) is 4.79 Å². The molecule has 3 aromatic rings. The zero-order valence-electron chi connectivity index (χ0n) is 12.9. The highest BCUT2D eigenvalue weighted by molar-refractivity contribution is 8.00. The van der Waals surface area contributed by atoms with E-state index in [1.807, 2.05) is 25.1 Å². The van der Waals surface area contributed by atoms with Crippen LogP contribution in [0.5, 0.6) is 0 Å².